The Labute approximate surface area is 99.1 Å². The fraction of sp³-hybridized carbons (Fsp3) is 0.538. The summed E-state index contributed by atoms with van der Waals surface area (Å²) in [5.41, 5.74) is 1.24. The molecule has 0 N–H and O–H groups in total. The monoisotopic (exact) mass is 220 g/mol. The zero-order chi connectivity index (χ0) is 12.0. The van der Waals surface area contributed by atoms with Gasteiger partial charge in [-0.2, -0.15) is 0 Å². The fourth-order valence-electron chi connectivity index (χ4n) is 1.54. The van der Waals surface area contributed by atoms with E-state index in [1.54, 1.807) is 0 Å². The smallest absolute Gasteiger partial charge is 0.409 e. The highest BCUT2D eigenvalue weighted by Crippen LogP contribution is 2.08. The average Bonchev–Trinajstić information content (AvgIpc) is 2.16. The van der Waals surface area contributed by atoms with E-state index in [1.165, 1.54) is 5.56 Å². The summed E-state index contributed by atoms with van der Waals surface area (Å²) >= 11 is 0. The summed E-state index contributed by atoms with van der Waals surface area (Å²) in [6.45, 7) is 8.12. The molecule has 1 aromatic rings. The molecule has 0 bridgehead atoms. The Kier molecular flexibility index (Phi) is 5.57. The van der Waals surface area contributed by atoms with Crippen LogP contribution in [0.2, 0.25) is 0 Å². The highest BCUT2D eigenvalue weighted by molar-refractivity contribution is 6.44. The van der Waals surface area contributed by atoms with Crippen LogP contribution in [0.3, 0.4) is 0 Å². The third-order valence-corrected chi connectivity index (χ3v) is 2.09. The number of hydrogen-bond acceptors (Lipinski definition) is 2. The van der Waals surface area contributed by atoms with Gasteiger partial charge in [-0.3, -0.25) is 0 Å². The molecule has 0 saturated heterocycles. The molecule has 16 heavy (non-hydrogen) atoms. The summed E-state index contributed by atoms with van der Waals surface area (Å²) < 4.78 is 11.5. The second-order valence-electron chi connectivity index (χ2n) is 4.49. The molecule has 0 aromatic heterocycles. The molecule has 0 unspecified atom stereocenters. The van der Waals surface area contributed by atoms with Crippen LogP contribution in [-0.4, -0.2) is 19.3 Å². The summed E-state index contributed by atoms with van der Waals surface area (Å²) in [5.74, 6) is 0. The molecule has 0 aliphatic heterocycles. The van der Waals surface area contributed by atoms with E-state index in [1.807, 2.05) is 45.9 Å². The lowest BCUT2D eigenvalue weighted by Gasteiger charge is -2.19. The number of hydrogen-bond donors (Lipinski definition) is 0. The molecular weight excluding hydrogens is 199 g/mol. The van der Waals surface area contributed by atoms with Crippen molar-refractivity contribution in [3.05, 3.63) is 35.9 Å². The molecule has 0 radical (unpaired) electrons. The normalized spacial score (nSPS) is 11.1. The van der Waals surface area contributed by atoms with Gasteiger partial charge in [0.15, 0.2) is 0 Å². The Bertz CT molecular complexity index is 275. The Morgan fingerprint density at radius 3 is 1.88 bits per heavy atom. The van der Waals surface area contributed by atoms with Gasteiger partial charge in [0.2, 0.25) is 0 Å². The van der Waals surface area contributed by atoms with E-state index in [-0.39, 0.29) is 19.3 Å². The van der Waals surface area contributed by atoms with Gasteiger partial charge in [-0.05, 0) is 27.7 Å². The molecule has 88 valence electrons. The zero-order valence-electron chi connectivity index (χ0n) is 10.6. The largest absolute Gasteiger partial charge is 0.461 e. The highest BCUT2D eigenvalue weighted by Gasteiger charge is 2.21. The van der Waals surface area contributed by atoms with Crippen molar-refractivity contribution >= 4 is 7.12 Å². The standard InChI is InChI=1S/C13H21BO2/c1-11(2)15-14(16-12(3)4)10-13-8-6-5-7-9-13/h5-9,11-12H,10H2,1-4H3. The first-order valence-corrected chi connectivity index (χ1v) is 5.92. The van der Waals surface area contributed by atoms with Gasteiger partial charge in [-0.25, -0.2) is 0 Å². The van der Waals surface area contributed by atoms with Crippen LogP contribution >= 0.6 is 0 Å². The van der Waals surface area contributed by atoms with Gasteiger partial charge in [0.25, 0.3) is 0 Å². The molecule has 1 aromatic carbocycles. The van der Waals surface area contributed by atoms with Crippen LogP contribution in [0.5, 0.6) is 0 Å². The summed E-state index contributed by atoms with van der Waals surface area (Å²) in [7, 11) is -0.151. The molecular formula is C13H21BO2. The molecule has 0 spiro atoms. The van der Waals surface area contributed by atoms with Crippen molar-refractivity contribution in [1.29, 1.82) is 0 Å². The maximum atomic E-state index is 5.74. The third-order valence-electron chi connectivity index (χ3n) is 2.09. The molecule has 1 rings (SSSR count). The Balaban J connectivity index is 2.56. The lowest BCUT2D eigenvalue weighted by molar-refractivity contribution is 0.129. The summed E-state index contributed by atoms with van der Waals surface area (Å²) in [6.07, 6.45) is 1.18. The van der Waals surface area contributed by atoms with Crippen LogP contribution in [0.15, 0.2) is 30.3 Å². The van der Waals surface area contributed by atoms with Crippen LogP contribution in [0, 0.1) is 0 Å². The fourth-order valence-corrected chi connectivity index (χ4v) is 1.54. The lowest BCUT2D eigenvalue weighted by atomic mass is 9.80. The summed E-state index contributed by atoms with van der Waals surface area (Å²) in [6, 6.07) is 10.3. The lowest BCUT2D eigenvalue weighted by Crippen LogP contribution is -2.32. The van der Waals surface area contributed by atoms with Crippen molar-refractivity contribution in [3.8, 4) is 0 Å². The maximum absolute atomic E-state index is 5.74. The minimum absolute atomic E-state index is 0.151. The van der Waals surface area contributed by atoms with E-state index in [0.29, 0.717) is 0 Å². The van der Waals surface area contributed by atoms with E-state index >= 15 is 0 Å². The Morgan fingerprint density at radius 1 is 0.938 bits per heavy atom. The third kappa shape index (κ3) is 5.33. The van der Waals surface area contributed by atoms with Gasteiger partial charge in [0.05, 0.1) is 0 Å². The predicted molar refractivity (Wildman–Crippen MR) is 68.3 cm³/mol. The molecule has 2 nitrogen and oxygen atoms in total. The van der Waals surface area contributed by atoms with Crippen molar-refractivity contribution in [2.45, 2.75) is 46.2 Å². The molecule has 0 atom stereocenters. The minimum atomic E-state index is -0.151. The summed E-state index contributed by atoms with van der Waals surface area (Å²) in [5, 5.41) is 0. The van der Waals surface area contributed by atoms with Crippen molar-refractivity contribution in [1.82, 2.24) is 0 Å². The van der Waals surface area contributed by atoms with Crippen LogP contribution in [0.25, 0.3) is 0 Å². The van der Waals surface area contributed by atoms with Crippen molar-refractivity contribution in [2.24, 2.45) is 0 Å². The van der Waals surface area contributed by atoms with Gasteiger partial charge in [-0.15, -0.1) is 0 Å². The summed E-state index contributed by atoms with van der Waals surface area (Å²) in [4.78, 5) is 0. The van der Waals surface area contributed by atoms with Crippen LogP contribution in [0.4, 0.5) is 0 Å². The molecule has 0 aliphatic rings. The number of benzene rings is 1. The van der Waals surface area contributed by atoms with Gasteiger partial charge in [0, 0.05) is 18.5 Å². The van der Waals surface area contributed by atoms with Crippen molar-refractivity contribution in [2.75, 3.05) is 0 Å². The van der Waals surface area contributed by atoms with Gasteiger partial charge in [0.1, 0.15) is 0 Å². The average molecular weight is 220 g/mol. The quantitative estimate of drug-likeness (QED) is 0.685. The van der Waals surface area contributed by atoms with E-state index in [2.05, 4.69) is 12.1 Å². The van der Waals surface area contributed by atoms with E-state index < -0.39 is 0 Å². The molecule has 0 fully saturated rings. The zero-order valence-corrected chi connectivity index (χ0v) is 10.6. The van der Waals surface area contributed by atoms with E-state index in [4.69, 9.17) is 9.31 Å². The van der Waals surface area contributed by atoms with E-state index in [9.17, 15) is 0 Å². The van der Waals surface area contributed by atoms with Crippen LogP contribution < -0.4 is 0 Å². The van der Waals surface area contributed by atoms with Gasteiger partial charge in [-0.1, -0.05) is 35.9 Å². The molecule has 0 saturated carbocycles. The van der Waals surface area contributed by atoms with E-state index in [0.717, 1.165) is 6.32 Å². The first-order chi connectivity index (χ1) is 7.58. The van der Waals surface area contributed by atoms with Crippen LogP contribution in [0.1, 0.15) is 33.3 Å². The topological polar surface area (TPSA) is 18.5 Å². The second kappa shape index (κ2) is 6.72. The SMILES string of the molecule is CC(C)OB(Cc1ccccc1)OC(C)C. The highest BCUT2D eigenvalue weighted by atomic mass is 16.6. The maximum Gasteiger partial charge on any atom is 0.461 e. The molecule has 3 heteroatoms. The molecule has 0 aliphatic carbocycles. The minimum Gasteiger partial charge on any atom is -0.409 e. The molecule has 0 heterocycles. The van der Waals surface area contributed by atoms with Crippen LogP contribution in [-0.2, 0) is 15.6 Å². The first kappa shape index (κ1) is 13.3. The van der Waals surface area contributed by atoms with Crippen molar-refractivity contribution in [3.63, 3.8) is 0 Å². The van der Waals surface area contributed by atoms with Gasteiger partial charge >= 0.3 is 7.12 Å². The first-order valence-electron chi connectivity index (χ1n) is 5.92. The Morgan fingerprint density at radius 2 is 1.44 bits per heavy atom. The van der Waals surface area contributed by atoms with Gasteiger partial charge < -0.3 is 9.31 Å². The number of rotatable bonds is 6. The molecule has 0 amide bonds. The second-order valence-corrected chi connectivity index (χ2v) is 4.49. The Hall–Kier alpha value is -0.795. The predicted octanol–water partition coefficient (Wildman–Crippen LogP) is 3.11. The van der Waals surface area contributed by atoms with Crippen molar-refractivity contribution < 1.29 is 9.31 Å².